The molecule has 1 rings (SSSR count). The highest BCUT2D eigenvalue weighted by Gasteiger charge is 2.26. The van der Waals surface area contributed by atoms with Crippen molar-refractivity contribution >= 4 is 0 Å². The van der Waals surface area contributed by atoms with E-state index in [9.17, 15) is 0 Å². The molecular weight excluding hydrogens is 128 g/mol. The summed E-state index contributed by atoms with van der Waals surface area (Å²) in [5, 5.41) is 0. The van der Waals surface area contributed by atoms with E-state index in [0.29, 0.717) is 12.0 Å². The van der Waals surface area contributed by atoms with Gasteiger partial charge in [0.25, 0.3) is 0 Å². The fraction of sp³-hybridized carbons (Fsp3) is 0.750. The first kappa shape index (κ1) is 7.61. The van der Waals surface area contributed by atoms with E-state index in [1.807, 2.05) is 0 Å². The molecule has 1 aliphatic heterocycles. The third kappa shape index (κ3) is 1.74. The van der Waals surface area contributed by atoms with Gasteiger partial charge in [0.1, 0.15) is 0 Å². The third-order valence-corrected chi connectivity index (χ3v) is 1.96. The number of hydrogen-bond donors (Lipinski definition) is 0. The fourth-order valence-corrected chi connectivity index (χ4v) is 1.05. The Balaban J connectivity index is 1.97. The van der Waals surface area contributed by atoms with Crippen LogP contribution in [0.4, 0.5) is 0 Å². The normalized spacial score (nSPS) is 30.9. The van der Waals surface area contributed by atoms with Gasteiger partial charge < -0.3 is 9.47 Å². The second-order valence-corrected chi connectivity index (χ2v) is 2.62. The van der Waals surface area contributed by atoms with Gasteiger partial charge in [-0.15, -0.1) is 0 Å². The summed E-state index contributed by atoms with van der Waals surface area (Å²) in [4.78, 5) is 0. The van der Waals surface area contributed by atoms with Gasteiger partial charge >= 0.3 is 0 Å². The summed E-state index contributed by atoms with van der Waals surface area (Å²) in [6.07, 6.45) is 3.02. The van der Waals surface area contributed by atoms with Crippen LogP contribution < -0.4 is 0 Å². The molecule has 10 heavy (non-hydrogen) atoms. The van der Waals surface area contributed by atoms with Crippen molar-refractivity contribution in [2.45, 2.75) is 19.4 Å². The van der Waals surface area contributed by atoms with Crippen LogP contribution in [-0.4, -0.2) is 19.3 Å². The number of hydrogen-bond acceptors (Lipinski definition) is 2. The topological polar surface area (TPSA) is 18.5 Å². The van der Waals surface area contributed by atoms with Crippen molar-refractivity contribution in [2.75, 3.05) is 13.2 Å². The van der Waals surface area contributed by atoms with Crippen molar-refractivity contribution in [1.82, 2.24) is 0 Å². The average molecular weight is 142 g/mol. The molecule has 1 saturated heterocycles. The van der Waals surface area contributed by atoms with Crippen molar-refractivity contribution < 1.29 is 9.47 Å². The van der Waals surface area contributed by atoms with Crippen LogP contribution in [0.1, 0.15) is 13.3 Å². The van der Waals surface area contributed by atoms with Crippen LogP contribution in [0.15, 0.2) is 12.8 Å². The van der Waals surface area contributed by atoms with Crippen molar-refractivity contribution in [3.05, 3.63) is 12.8 Å². The Labute approximate surface area is 61.8 Å². The summed E-state index contributed by atoms with van der Waals surface area (Å²) in [6, 6.07) is 0. The molecule has 2 heteroatoms. The van der Waals surface area contributed by atoms with Crippen LogP contribution in [0.25, 0.3) is 0 Å². The molecule has 0 amide bonds. The Morgan fingerprint density at radius 3 is 3.00 bits per heavy atom. The van der Waals surface area contributed by atoms with Crippen molar-refractivity contribution in [2.24, 2.45) is 5.92 Å². The highest BCUT2D eigenvalue weighted by molar-refractivity contribution is 4.74. The van der Waals surface area contributed by atoms with Gasteiger partial charge in [0.05, 0.1) is 25.6 Å². The molecule has 0 aromatic carbocycles. The smallest absolute Gasteiger partial charge is 0.0877 e. The van der Waals surface area contributed by atoms with Gasteiger partial charge in [-0.05, 0) is 13.3 Å². The van der Waals surface area contributed by atoms with Crippen molar-refractivity contribution in [1.29, 1.82) is 0 Å². The Bertz CT molecular complexity index is 112. The molecule has 0 aromatic heterocycles. The summed E-state index contributed by atoms with van der Waals surface area (Å²) in [7, 11) is 0. The molecule has 1 heterocycles. The Morgan fingerprint density at radius 2 is 2.60 bits per heavy atom. The summed E-state index contributed by atoms with van der Waals surface area (Å²) < 4.78 is 10.2. The van der Waals surface area contributed by atoms with Gasteiger partial charge in [-0.1, -0.05) is 6.58 Å². The highest BCUT2D eigenvalue weighted by Crippen LogP contribution is 2.22. The van der Waals surface area contributed by atoms with E-state index in [2.05, 4.69) is 13.5 Å². The predicted molar refractivity (Wildman–Crippen MR) is 39.7 cm³/mol. The van der Waals surface area contributed by atoms with Crippen LogP contribution in [0, 0.1) is 5.92 Å². The van der Waals surface area contributed by atoms with Crippen LogP contribution >= 0.6 is 0 Å². The standard InChI is InChI=1S/C8H14O2/c1-3-9-5-4-8-6-10-7(8)2/h3,7-8H,1,4-6H2,2H3. The second-order valence-electron chi connectivity index (χ2n) is 2.62. The molecular formula is C8H14O2. The summed E-state index contributed by atoms with van der Waals surface area (Å²) in [6.45, 7) is 7.25. The van der Waals surface area contributed by atoms with Gasteiger partial charge in [-0.2, -0.15) is 0 Å². The predicted octanol–water partition coefficient (Wildman–Crippen LogP) is 1.57. The maximum atomic E-state index is 5.19. The van der Waals surface area contributed by atoms with E-state index in [1.165, 1.54) is 6.26 Å². The van der Waals surface area contributed by atoms with E-state index in [0.717, 1.165) is 19.6 Å². The van der Waals surface area contributed by atoms with Crippen molar-refractivity contribution in [3.8, 4) is 0 Å². The fourth-order valence-electron chi connectivity index (χ4n) is 1.05. The highest BCUT2D eigenvalue weighted by atomic mass is 16.5. The molecule has 58 valence electrons. The zero-order valence-corrected chi connectivity index (χ0v) is 6.38. The van der Waals surface area contributed by atoms with E-state index >= 15 is 0 Å². The molecule has 0 aliphatic carbocycles. The largest absolute Gasteiger partial charge is 0.502 e. The van der Waals surface area contributed by atoms with Gasteiger partial charge in [0.15, 0.2) is 0 Å². The van der Waals surface area contributed by atoms with Crippen LogP contribution in [0.3, 0.4) is 0 Å². The maximum Gasteiger partial charge on any atom is 0.0877 e. The summed E-state index contributed by atoms with van der Waals surface area (Å²) in [5.41, 5.74) is 0. The van der Waals surface area contributed by atoms with Gasteiger partial charge in [-0.25, -0.2) is 0 Å². The number of ether oxygens (including phenoxy) is 2. The zero-order chi connectivity index (χ0) is 7.40. The Kier molecular flexibility index (Phi) is 2.75. The summed E-state index contributed by atoms with van der Waals surface area (Å²) >= 11 is 0. The molecule has 1 aliphatic rings. The van der Waals surface area contributed by atoms with Crippen LogP contribution in [0.2, 0.25) is 0 Å². The molecule has 0 bridgehead atoms. The molecule has 0 radical (unpaired) electrons. The molecule has 2 unspecified atom stereocenters. The minimum atomic E-state index is 0.438. The van der Waals surface area contributed by atoms with Gasteiger partial charge in [0.2, 0.25) is 0 Å². The third-order valence-electron chi connectivity index (χ3n) is 1.96. The molecule has 0 saturated carbocycles. The molecule has 0 N–H and O–H groups in total. The van der Waals surface area contributed by atoms with E-state index in [-0.39, 0.29) is 0 Å². The molecule has 0 spiro atoms. The van der Waals surface area contributed by atoms with Crippen LogP contribution in [-0.2, 0) is 9.47 Å². The quantitative estimate of drug-likeness (QED) is 0.438. The molecule has 0 aromatic rings. The molecule has 2 nitrogen and oxygen atoms in total. The number of rotatable bonds is 4. The minimum absolute atomic E-state index is 0.438. The maximum absolute atomic E-state index is 5.19. The monoisotopic (exact) mass is 142 g/mol. The Hall–Kier alpha value is -0.500. The average Bonchev–Trinajstić information content (AvgIpc) is 1.95. The van der Waals surface area contributed by atoms with Crippen LogP contribution in [0.5, 0.6) is 0 Å². The zero-order valence-electron chi connectivity index (χ0n) is 6.38. The lowest BCUT2D eigenvalue weighted by molar-refractivity contribution is -0.110. The lowest BCUT2D eigenvalue weighted by Gasteiger charge is -2.33. The van der Waals surface area contributed by atoms with E-state index < -0.39 is 0 Å². The SMILES string of the molecule is C=COCCC1COC1C. The summed E-state index contributed by atoms with van der Waals surface area (Å²) in [5.74, 6) is 0.708. The second kappa shape index (κ2) is 3.62. The first-order valence-electron chi connectivity index (χ1n) is 3.68. The van der Waals surface area contributed by atoms with E-state index in [4.69, 9.17) is 9.47 Å². The lowest BCUT2D eigenvalue weighted by atomic mass is 9.96. The van der Waals surface area contributed by atoms with Gasteiger partial charge in [-0.3, -0.25) is 0 Å². The first-order chi connectivity index (χ1) is 4.84. The first-order valence-corrected chi connectivity index (χ1v) is 3.68. The minimum Gasteiger partial charge on any atom is -0.502 e. The molecule has 1 fully saturated rings. The lowest BCUT2D eigenvalue weighted by Crippen LogP contribution is -2.37. The van der Waals surface area contributed by atoms with Gasteiger partial charge in [0, 0.05) is 5.92 Å². The van der Waals surface area contributed by atoms with E-state index in [1.54, 1.807) is 0 Å². The van der Waals surface area contributed by atoms with Crippen molar-refractivity contribution in [3.63, 3.8) is 0 Å². The Morgan fingerprint density at radius 1 is 1.80 bits per heavy atom. The molecule has 2 atom stereocenters.